The van der Waals surface area contributed by atoms with Gasteiger partial charge >= 0.3 is 0 Å². The molecular formula is C27H57NO3S. The van der Waals surface area contributed by atoms with Crippen LogP contribution in [0.5, 0.6) is 0 Å². The molecule has 0 unspecified atom stereocenters. The van der Waals surface area contributed by atoms with Crippen molar-refractivity contribution in [1.29, 1.82) is 0 Å². The summed E-state index contributed by atoms with van der Waals surface area (Å²) in [5.74, 6) is -0.198. The third kappa shape index (κ3) is 20.5. The van der Waals surface area contributed by atoms with Crippen LogP contribution in [0.2, 0.25) is 0 Å². The second-order valence-corrected chi connectivity index (χ2v) is 11.7. The lowest BCUT2D eigenvalue weighted by molar-refractivity contribution is -0.928. The predicted octanol–water partition coefficient (Wildman–Crippen LogP) is 7.82. The summed E-state index contributed by atoms with van der Waals surface area (Å²) >= 11 is 0. The minimum absolute atomic E-state index is 0.198. The average molecular weight is 476 g/mol. The van der Waals surface area contributed by atoms with Gasteiger partial charge in [-0.05, 0) is 38.5 Å². The normalized spacial score (nSPS) is 12.5. The van der Waals surface area contributed by atoms with Gasteiger partial charge in [-0.2, -0.15) is 0 Å². The first-order chi connectivity index (χ1) is 15.4. The molecule has 0 aliphatic carbocycles. The largest absolute Gasteiger partial charge is 0.748 e. The van der Waals surface area contributed by atoms with Gasteiger partial charge in [0.05, 0.1) is 36.3 Å². The molecule has 0 radical (unpaired) electrons. The Hall–Kier alpha value is -0.130. The number of quaternary nitrogens is 1. The average Bonchev–Trinajstić information content (AvgIpc) is 2.74. The molecule has 0 aromatic carbocycles. The van der Waals surface area contributed by atoms with Crippen LogP contribution in [-0.4, -0.2) is 49.4 Å². The van der Waals surface area contributed by atoms with Gasteiger partial charge in [-0.3, -0.25) is 0 Å². The van der Waals surface area contributed by atoms with Crippen LogP contribution in [0.3, 0.4) is 0 Å². The fourth-order valence-corrected chi connectivity index (χ4v) is 5.41. The molecule has 0 amide bonds. The monoisotopic (exact) mass is 475 g/mol. The van der Waals surface area contributed by atoms with Crippen LogP contribution < -0.4 is 0 Å². The zero-order valence-corrected chi connectivity index (χ0v) is 22.9. The van der Waals surface area contributed by atoms with E-state index in [0.717, 1.165) is 30.7 Å². The molecule has 0 aromatic heterocycles. The first-order valence-electron chi connectivity index (χ1n) is 14.2. The van der Waals surface area contributed by atoms with Crippen LogP contribution in [0.4, 0.5) is 0 Å². The van der Waals surface area contributed by atoms with Crippen LogP contribution in [-0.2, 0) is 10.1 Å². The van der Waals surface area contributed by atoms with Crippen LogP contribution in [0, 0.1) is 0 Å². The molecule has 194 valence electrons. The van der Waals surface area contributed by atoms with Crippen LogP contribution in [0.15, 0.2) is 0 Å². The van der Waals surface area contributed by atoms with Crippen molar-refractivity contribution < 1.29 is 17.5 Å². The molecule has 0 aliphatic rings. The fraction of sp³-hybridized carbons (Fsp3) is 1.00. The van der Waals surface area contributed by atoms with Gasteiger partial charge in [0, 0.05) is 12.2 Å². The lowest BCUT2D eigenvalue weighted by Crippen LogP contribution is -2.51. The second-order valence-electron chi connectivity index (χ2n) is 10.2. The van der Waals surface area contributed by atoms with Gasteiger partial charge in [-0.15, -0.1) is 0 Å². The Balaban J connectivity index is 4.87. The van der Waals surface area contributed by atoms with E-state index < -0.39 is 10.1 Å². The zero-order valence-electron chi connectivity index (χ0n) is 22.1. The Morgan fingerprint density at radius 2 is 0.750 bits per heavy atom. The highest BCUT2D eigenvalue weighted by Crippen LogP contribution is 2.19. The van der Waals surface area contributed by atoms with E-state index in [9.17, 15) is 13.0 Å². The van der Waals surface area contributed by atoms with Gasteiger partial charge in [0.25, 0.3) is 0 Å². The third-order valence-electron chi connectivity index (χ3n) is 6.98. The van der Waals surface area contributed by atoms with Gasteiger partial charge in [0.2, 0.25) is 0 Å². The smallest absolute Gasteiger partial charge is 0.0948 e. The Kier molecular flexibility index (Phi) is 21.3. The molecule has 32 heavy (non-hydrogen) atoms. The molecule has 0 aliphatic heterocycles. The van der Waals surface area contributed by atoms with Crippen molar-refractivity contribution in [2.24, 2.45) is 0 Å². The Morgan fingerprint density at radius 3 is 1.06 bits per heavy atom. The molecule has 0 saturated carbocycles. The van der Waals surface area contributed by atoms with E-state index in [-0.39, 0.29) is 5.75 Å². The highest BCUT2D eigenvalue weighted by Gasteiger charge is 2.26. The molecule has 0 aromatic rings. The van der Waals surface area contributed by atoms with Crippen molar-refractivity contribution in [3.63, 3.8) is 0 Å². The van der Waals surface area contributed by atoms with Crippen molar-refractivity contribution in [3.05, 3.63) is 0 Å². The highest BCUT2D eigenvalue weighted by molar-refractivity contribution is 7.85. The van der Waals surface area contributed by atoms with Crippen LogP contribution >= 0.6 is 0 Å². The summed E-state index contributed by atoms with van der Waals surface area (Å²) in [5.41, 5.74) is 0. The SMILES string of the molecule is CCCCCCCC[N+](CCCCCCCC)(CCCCCCCC)CCCS(=O)(=O)[O-]. The molecule has 0 rings (SSSR count). The Labute approximate surface area is 202 Å². The molecule has 0 heterocycles. The molecule has 0 atom stereocenters. The first-order valence-corrected chi connectivity index (χ1v) is 15.8. The van der Waals surface area contributed by atoms with Gasteiger partial charge < -0.3 is 9.04 Å². The Morgan fingerprint density at radius 1 is 0.469 bits per heavy atom. The minimum Gasteiger partial charge on any atom is -0.748 e. The summed E-state index contributed by atoms with van der Waals surface area (Å²) in [7, 11) is -4.11. The second kappa shape index (κ2) is 21.4. The lowest BCUT2D eigenvalue weighted by atomic mass is 10.1. The van der Waals surface area contributed by atoms with Crippen LogP contribution in [0.1, 0.15) is 143 Å². The number of hydrogen-bond donors (Lipinski definition) is 0. The van der Waals surface area contributed by atoms with Crippen LogP contribution in [0.25, 0.3) is 0 Å². The summed E-state index contributed by atoms with van der Waals surface area (Å²) in [6.07, 6.45) is 23.9. The minimum atomic E-state index is -4.11. The molecule has 0 bridgehead atoms. The standard InChI is InChI=1S/C27H57NO3S/c1-4-7-10-13-16-19-23-28(26-22-27-32(29,30)31,24-20-17-14-11-8-5-2)25-21-18-15-12-9-6-3/h4-27H2,1-3H3. The van der Waals surface area contributed by atoms with Crippen molar-refractivity contribution >= 4 is 10.1 Å². The van der Waals surface area contributed by atoms with Gasteiger partial charge in [-0.1, -0.05) is 97.8 Å². The number of rotatable bonds is 25. The van der Waals surface area contributed by atoms with Gasteiger partial charge in [0.15, 0.2) is 0 Å². The molecule has 0 spiro atoms. The van der Waals surface area contributed by atoms with E-state index in [4.69, 9.17) is 0 Å². The predicted molar refractivity (Wildman–Crippen MR) is 139 cm³/mol. The summed E-state index contributed by atoms with van der Waals surface area (Å²) in [5, 5.41) is 0. The molecule has 5 heteroatoms. The molecule has 4 nitrogen and oxygen atoms in total. The van der Waals surface area contributed by atoms with Crippen molar-refractivity contribution in [1.82, 2.24) is 0 Å². The molecule has 0 N–H and O–H groups in total. The molecular weight excluding hydrogens is 418 g/mol. The maximum Gasteiger partial charge on any atom is 0.0948 e. The van der Waals surface area contributed by atoms with Crippen molar-refractivity contribution in [3.8, 4) is 0 Å². The van der Waals surface area contributed by atoms with E-state index in [1.807, 2.05) is 0 Å². The molecule has 0 fully saturated rings. The Bertz CT molecular complexity index is 452. The van der Waals surface area contributed by atoms with E-state index in [0.29, 0.717) is 6.42 Å². The summed E-state index contributed by atoms with van der Waals surface area (Å²) < 4.78 is 34.8. The number of nitrogens with zero attached hydrogens (tertiary/aromatic N) is 1. The third-order valence-corrected chi connectivity index (χ3v) is 7.77. The van der Waals surface area contributed by atoms with Crippen molar-refractivity contribution in [2.75, 3.05) is 31.9 Å². The van der Waals surface area contributed by atoms with Gasteiger partial charge in [0.1, 0.15) is 0 Å². The van der Waals surface area contributed by atoms with E-state index >= 15 is 0 Å². The maximum atomic E-state index is 11.2. The van der Waals surface area contributed by atoms with Crippen molar-refractivity contribution in [2.45, 2.75) is 143 Å². The number of unbranched alkanes of at least 4 members (excludes halogenated alkanes) is 15. The van der Waals surface area contributed by atoms with Gasteiger partial charge in [-0.25, -0.2) is 8.42 Å². The molecule has 0 saturated heterocycles. The number of hydrogen-bond acceptors (Lipinski definition) is 3. The lowest BCUT2D eigenvalue weighted by Gasteiger charge is -2.40. The summed E-state index contributed by atoms with van der Waals surface area (Å²) in [6.45, 7) is 11.1. The zero-order chi connectivity index (χ0) is 24.0. The van der Waals surface area contributed by atoms with E-state index in [1.54, 1.807) is 0 Å². The highest BCUT2D eigenvalue weighted by atomic mass is 32.2. The maximum absolute atomic E-state index is 11.2. The van der Waals surface area contributed by atoms with E-state index in [1.165, 1.54) is 116 Å². The topological polar surface area (TPSA) is 57.2 Å². The van der Waals surface area contributed by atoms with E-state index in [2.05, 4.69) is 20.8 Å². The fourth-order valence-electron chi connectivity index (χ4n) is 4.93. The quantitative estimate of drug-likeness (QED) is 0.0768. The summed E-state index contributed by atoms with van der Waals surface area (Å²) in [4.78, 5) is 0. The summed E-state index contributed by atoms with van der Waals surface area (Å²) in [6, 6.07) is 0. The first kappa shape index (κ1) is 31.9.